The summed E-state index contributed by atoms with van der Waals surface area (Å²) < 4.78 is 23.1. The SMILES string of the molecule is COc1ccc(Oc2c(CNCC(=O)O)sc3cc(OC)c(OC)cc23)cc1. The Morgan fingerprint density at radius 1 is 1.00 bits per heavy atom. The van der Waals surface area contributed by atoms with Crippen LogP contribution in [-0.2, 0) is 11.3 Å². The van der Waals surface area contributed by atoms with Crippen LogP contribution in [0.3, 0.4) is 0 Å². The summed E-state index contributed by atoms with van der Waals surface area (Å²) in [7, 11) is 4.77. The molecule has 1 aromatic heterocycles. The zero-order valence-corrected chi connectivity index (χ0v) is 16.6. The Hall–Kier alpha value is -2.97. The molecule has 3 aromatic rings. The highest BCUT2D eigenvalue weighted by Gasteiger charge is 2.18. The highest BCUT2D eigenvalue weighted by molar-refractivity contribution is 7.19. The maximum atomic E-state index is 10.8. The van der Waals surface area contributed by atoms with E-state index >= 15 is 0 Å². The van der Waals surface area contributed by atoms with Crippen LogP contribution in [0.4, 0.5) is 0 Å². The molecule has 1 heterocycles. The number of hydrogen-bond acceptors (Lipinski definition) is 7. The lowest BCUT2D eigenvalue weighted by molar-refractivity contribution is -0.135. The van der Waals surface area contributed by atoms with Crippen LogP contribution in [0.2, 0.25) is 0 Å². The predicted molar refractivity (Wildman–Crippen MR) is 107 cm³/mol. The summed E-state index contributed by atoms with van der Waals surface area (Å²) in [5.74, 6) is 2.34. The van der Waals surface area contributed by atoms with Crippen LogP contribution < -0.4 is 24.3 Å². The number of thiophene rings is 1. The first kappa shape index (κ1) is 19.8. The van der Waals surface area contributed by atoms with Crippen LogP contribution >= 0.6 is 11.3 Å². The molecule has 2 N–H and O–H groups in total. The molecular weight excluding hydrogens is 382 g/mol. The highest BCUT2D eigenvalue weighted by atomic mass is 32.1. The first-order valence-electron chi connectivity index (χ1n) is 8.47. The zero-order valence-electron chi connectivity index (χ0n) is 15.8. The molecule has 0 saturated carbocycles. The number of aliphatic carboxylic acids is 1. The molecule has 0 aliphatic heterocycles. The maximum absolute atomic E-state index is 10.8. The van der Waals surface area contributed by atoms with Crippen LogP contribution in [0.15, 0.2) is 36.4 Å². The number of carboxylic acid groups (broad SMARTS) is 1. The Labute approximate surface area is 166 Å². The number of hydrogen-bond donors (Lipinski definition) is 2. The fraction of sp³-hybridized carbons (Fsp3) is 0.250. The van der Waals surface area contributed by atoms with Gasteiger partial charge in [0.25, 0.3) is 0 Å². The van der Waals surface area contributed by atoms with Crippen molar-refractivity contribution < 1.29 is 28.8 Å². The van der Waals surface area contributed by atoms with Gasteiger partial charge in [-0.15, -0.1) is 11.3 Å². The number of carbonyl (C=O) groups is 1. The third-order valence-electron chi connectivity index (χ3n) is 4.06. The van der Waals surface area contributed by atoms with Gasteiger partial charge in [-0.1, -0.05) is 0 Å². The molecular formula is C20H21NO6S. The molecule has 0 fully saturated rings. The normalized spacial score (nSPS) is 10.7. The number of benzene rings is 2. The van der Waals surface area contributed by atoms with E-state index in [0.29, 0.717) is 29.5 Å². The summed E-state index contributed by atoms with van der Waals surface area (Å²) in [4.78, 5) is 11.7. The zero-order chi connectivity index (χ0) is 20.1. The number of fused-ring (bicyclic) bond motifs is 1. The van der Waals surface area contributed by atoms with Gasteiger partial charge in [0, 0.05) is 22.7 Å². The Bertz CT molecular complexity index is 967. The van der Waals surface area contributed by atoms with Gasteiger partial charge in [-0.25, -0.2) is 0 Å². The highest BCUT2D eigenvalue weighted by Crippen LogP contribution is 2.45. The molecule has 0 aliphatic carbocycles. The Balaban J connectivity index is 2.02. The van der Waals surface area contributed by atoms with Crippen molar-refractivity contribution >= 4 is 27.4 Å². The summed E-state index contributed by atoms with van der Waals surface area (Å²) in [6.07, 6.45) is 0. The lowest BCUT2D eigenvalue weighted by Gasteiger charge is -2.10. The minimum atomic E-state index is -0.915. The van der Waals surface area contributed by atoms with Gasteiger partial charge >= 0.3 is 5.97 Å². The molecule has 0 atom stereocenters. The predicted octanol–water partition coefficient (Wildman–Crippen LogP) is 3.89. The lowest BCUT2D eigenvalue weighted by atomic mass is 10.2. The Morgan fingerprint density at radius 2 is 1.64 bits per heavy atom. The van der Waals surface area contributed by atoms with Gasteiger partial charge in [0.1, 0.15) is 11.5 Å². The molecule has 3 rings (SSSR count). The summed E-state index contributed by atoms with van der Waals surface area (Å²) in [6, 6.07) is 11.0. The molecule has 28 heavy (non-hydrogen) atoms. The molecule has 0 aliphatic rings. The van der Waals surface area contributed by atoms with E-state index in [0.717, 1.165) is 20.7 Å². The average molecular weight is 403 g/mol. The fourth-order valence-electron chi connectivity index (χ4n) is 2.72. The third kappa shape index (κ3) is 4.29. The van der Waals surface area contributed by atoms with E-state index in [1.807, 2.05) is 36.4 Å². The average Bonchev–Trinajstić information content (AvgIpc) is 3.03. The minimum absolute atomic E-state index is 0.136. The molecule has 0 amide bonds. The molecule has 0 radical (unpaired) electrons. The quantitative estimate of drug-likeness (QED) is 0.560. The summed E-state index contributed by atoms with van der Waals surface area (Å²) in [6.45, 7) is 0.227. The van der Waals surface area contributed by atoms with Crippen molar-refractivity contribution in [3.8, 4) is 28.7 Å². The van der Waals surface area contributed by atoms with Crippen molar-refractivity contribution in [3.05, 3.63) is 41.3 Å². The lowest BCUT2D eigenvalue weighted by Crippen LogP contribution is -2.21. The summed E-state index contributed by atoms with van der Waals surface area (Å²) in [5.41, 5.74) is 0. The number of ether oxygens (including phenoxy) is 4. The second-order valence-electron chi connectivity index (χ2n) is 5.83. The first-order valence-corrected chi connectivity index (χ1v) is 9.29. The van der Waals surface area contributed by atoms with Gasteiger partial charge in [-0.3, -0.25) is 4.79 Å². The van der Waals surface area contributed by atoms with Crippen LogP contribution in [-0.4, -0.2) is 38.9 Å². The Morgan fingerprint density at radius 3 is 2.25 bits per heavy atom. The standard InChI is InChI=1S/C20H21NO6S/c1-24-12-4-6-13(7-5-12)27-20-14-8-15(25-2)16(26-3)9-17(14)28-18(20)10-21-11-19(22)23/h4-9,21H,10-11H2,1-3H3,(H,22,23). The van der Waals surface area contributed by atoms with Crippen LogP contribution in [0.25, 0.3) is 10.1 Å². The van der Waals surface area contributed by atoms with Crippen molar-refractivity contribution in [1.29, 1.82) is 0 Å². The van der Waals surface area contributed by atoms with Gasteiger partial charge in [0.2, 0.25) is 0 Å². The van der Waals surface area contributed by atoms with Crippen molar-refractivity contribution in [2.45, 2.75) is 6.54 Å². The van der Waals surface area contributed by atoms with Crippen LogP contribution in [0, 0.1) is 0 Å². The van der Waals surface area contributed by atoms with E-state index in [9.17, 15) is 4.79 Å². The number of nitrogens with one attached hydrogen (secondary N) is 1. The molecule has 2 aromatic carbocycles. The van der Waals surface area contributed by atoms with Crippen LogP contribution in [0.1, 0.15) is 4.88 Å². The molecule has 148 valence electrons. The minimum Gasteiger partial charge on any atom is -0.497 e. The van der Waals surface area contributed by atoms with Gasteiger partial charge < -0.3 is 29.4 Å². The van der Waals surface area contributed by atoms with Crippen LogP contribution in [0.5, 0.6) is 28.7 Å². The van der Waals surface area contributed by atoms with Crippen molar-refractivity contribution in [3.63, 3.8) is 0 Å². The second-order valence-corrected chi connectivity index (χ2v) is 6.97. The molecule has 0 saturated heterocycles. The van der Waals surface area contributed by atoms with Gasteiger partial charge in [-0.05, 0) is 30.3 Å². The van der Waals surface area contributed by atoms with Crippen molar-refractivity contribution in [2.75, 3.05) is 27.9 Å². The van der Waals surface area contributed by atoms with Gasteiger partial charge in [0.15, 0.2) is 17.2 Å². The van der Waals surface area contributed by atoms with Gasteiger partial charge in [-0.2, -0.15) is 0 Å². The van der Waals surface area contributed by atoms with E-state index in [1.54, 1.807) is 21.3 Å². The number of methoxy groups -OCH3 is 3. The van der Waals surface area contributed by atoms with E-state index in [1.165, 1.54) is 11.3 Å². The number of rotatable bonds is 9. The van der Waals surface area contributed by atoms with E-state index in [4.69, 9.17) is 24.1 Å². The molecule has 7 nitrogen and oxygen atoms in total. The first-order chi connectivity index (χ1) is 13.5. The molecule has 0 bridgehead atoms. The Kier molecular flexibility index (Phi) is 6.23. The topological polar surface area (TPSA) is 86.3 Å². The van der Waals surface area contributed by atoms with Gasteiger partial charge in [0.05, 0.1) is 32.8 Å². The molecule has 8 heteroatoms. The van der Waals surface area contributed by atoms with E-state index in [2.05, 4.69) is 5.32 Å². The fourth-order valence-corrected chi connectivity index (χ4v) is 3.84. The largest absolute Gasteiger partial charge is 0.497 e. The second kappa shape index (κ2) is 8.81. The van der Waals surface area contributed by atoms with Crippen molar-refractivity contribution in [2.24, 2.45) is 0 Å². The van der Waals surface area contributed by atoms with E-state index in [-0.39, 0.29) is 6.54 Å². The summed E-state index contributed by atoms with van der Waals surface area (Å²) >= 11 is 1.51. The summed E-state index contributed by atoms with van der Waals surface area (Å²) in [5, 5.41) is 12.7. The molecule has 0 spiro atoms. The number of carboxylic acids is 1. The maximum Gasteiger partial charge on any atom is 0.317 e. The van der Waals surface area contributed by atoms with E-state index < -0.39 is 5.97 Å². The smallest absolute Gasteiger partial charge is 0.317 e. The molecule has 0 unspecified atom stereocenters. The third-order valence-corrected chi connectivity index (χ3v) is 5.19. The monoisotopic (exact) mass is 403 g/mol. The van der Waals surface area contributed by atoms with Crippen molar-refractivity contribution in [1.82, 2.24) is 5.32 Å².